The maximum atomic E-state index is 12.4. The van der Waals surface area contributed by atoms with E-state index in [1.165, 1.54) is 18.5 Å². The fourth-order valence-corrected chi connectivity index (χ4v) is 2.57. The molecule has 1 unspecified atom stereocenters. The molecule has 0 fully saturated rings. The SMILES string of the molecule is CC(C(=O)Nc1cnn(Cc2ccc(Cl)cc2)c1)n1nccc1C(=O)O. The molecule has 0 saturated heterocycles. The third kappa shape index (κ3) is 3.92. The van der Waals surface area contributed by atoms with Gasteiger partial charge in [-0.3, -0.25) is 9.48 Å². The number of carboxylic acids is 1. The van der Waals surface area contributed by atoms with Crippen LogP contribution in [-0.2, 0) is 11.3 Å². The molecule has 1 atom stereocenters. The highest BCUT2D eigenvalue weighted by molar-refractivity contribution is 6.30. The highest BCUT2D eigenvalue weighted by Gasteiger charge is 2.21. The number of carboxylic acid groups (broad SMARTS) is 1. The van der Waals surface area contributed by atoms with E-state index in [0.29, 0.717) is 17.3 Å². The van der Waals surface area contributed by atoms with Gasteiger partial charge in [0.05, 0.1) is 18.4 Å². The quantitative estimate of drug-likeness (QED) is 0.691. The lowest BCUT2D eigenvalue weighted by atomic mass is 10.2. The zero-order valence-electron chi connectivity index (χ0n) is 13.8. The predicted molar refractivity (Wildman–Crippen MR) is 95.3 cm³/mol. The number of hydrogen-bond acceptors (Lipinski definition) is 4. The van der Waals surface area contributed by atoms with E-state index in [0.717, 1.165) is 10.2 Å². The maximum absolute atomic E-state index is 12.4. The van der Waals surface area contributed by atoms with Crippen molar-refractivity contribution in [3.63, 3.8) is 0 Å². The second kappa shape index (κ2) is 7.40. The van der Waals surface area contributed by atoms with Gasteiger partial charge in [-0.05, 0) is 30.7 Å². The van der Waals surface area contributed by atoms with Gasteiger partial charge < -0.3 is 10.4 Å². The number of aromatic carboxylic acids is 1. The lowest BCUT2D eigenvalue weighted by molar-refractivity contribution is -0.119. The molecule has 8 nitrogen and oxygen atoms in total. The molecule has 2 N–H and O–H groups in total. The fourth-order valence-electron chi connectivity index (χ4n) is 2.44. The molecule has 0 aliphatic carbocycles. The Morgan fingerprint density at radius 3 is 2.65 bits per heavy atom. The summed E-state index contributed by atoms with van der Waals surface area (Å²) in [5.74, 6) is -1.53. The van der Waals surface area contributed by atoms with Crippen molar-refractivity contribution < 1.29 is 14.7 Å². The first kappa shape index (κ1) is 17.7. The second-order valence-corrected chi connectivity index (χ2v) is 6.12. The van der Waals surface area contributed by atoms with Gasteiger partial charge in [-0.2, -0.15) is 10.2 Å². The molecule has 0 saturated carbocycles. The predicted octanol–water partition coefficient (Wildman–Crippen LogP) is 2.68. The number of nitrogens with zero attached hydrogens (tertiary/aromatic N) is 4. The van der Waals surface area contributed by atoms with Gasteiger partial charge in [0.15, 0.2) is 0 Å². The highest BCUT2D eigenvalue weighted by Crippen LogP contribution is 2.15. The summed E-state index contributed by atoms with van der Waals surface area (Å²) in [6, 6.07) is 7.96. The number of aromatic nitrogens is 4. The summed E-state index contributed by atoms with van der Waals surface area (Å²) < 4.78 is 2.84. The van der Waals surface area contributed by atoms with Crippen LogP contribution in [-0.4, -0.2) is 36.5 Å². The molecule has 0 bridgehead atoms. The van der Waals surface area contributed by atoms with Crippen LogP contribution in [0.2, 0.25) is 5.02 Å². The summed E-state index contributed by atoms with van der Waals surface area (Å²) in [5.41, 5.74) is 1.48. The fraction of sp³-hybridized carbons (Fsp3) is 0.176. The average molecular weight is 374 g/mol. The van der Waals surface area contributed by atoms with Gasteiger partial charge in [-0.15, -0.1) is 0 Å². The smallest absolute Gasteiger partial charge is 0.354 e. The summed E-state index contributed by atoms with van der Waals surface area (Å²) in [6.45, 7) is 2.11. The van der Waals surface area contributed by atoms with Crippen molar-refractivity contribution >= 4 is 29.2 Å². The molecular weight excluding hydrogens is 358 g/mol. The molecule has 2 aromatic heterocycles. The van der Waals surface area contributed by atoms with Crippen molar-refractivity contribution in [2.24, 2.45) is 0 Å². The molecule has 0 aliphatic rings. The molecule has 3 aromatic rings. The first-order valence-electron chi connectivity index (χ1n) is 7.78. The van der Waals surface area contributed by atoms with Crippen LogP contribution in [0.4, 0.5) is 5.69 Å². The Bertz CT molecular complexity index is 932. The van der Waals surface area contributed by atoms with Crippen LogP contribution in [0.15, 0.2) is 48.9 Å². The third-order valence-corrected chi connectivity index (χ3v) is 4.05. The molecule has 2 heterocycles. The van der Waals surface area contributed by atoms with Gasteiger partial charge in [0.1, 0.15) is 11.7 Å². The Hall–Kier alpha value is -3.13. The molecule has 0 aliphatic heterocycles. The zero-order chi connectivity index (χ0) is 18.7. The number of carbonyl (C=O) groups is 2. The van der Waals surface area contributed by atoms with Gasteiger partial charge in [0.25, 0.3) is 0 Å². The standard InChI is InChI=1S/C17H16ClN5O3/c1-11(23-15(17(25)26)6-7-19-23)16(24)21-14-8-20-22(10-14)9-12-2-4-13(18)5-3-12/h2-8,10-11H,9H2,1H3,(H,21,24)(H,25,26). The van der Waals surface area contributed by atoms with Crippen LogP contribution in [0, 0.1) is 0 Å². The summed E-state index contributed by atoms with van der Waals surface area (Å²) in [4.78, 5) is 23.5. The summed E-state index contributed by atoms with van der Waals surface area (Å²) in [5, 5.41) is 20.6. The number of halogens is 1. The Morgan fingerprint density at radius 1 is 1.23 bits per heavy atom. The topological polar surface area (TPSA) is 102 Å². The minimum atomic E-state index is -1.14. The number of amides is 1. The monoisotopic (exact) mass is 373 g/mol. The summed E-state index contributed by atoms with van der Waals surface area (Å²) in [6.07, 6.45) is 4.57. The van der Waals surface area contributed by atoms with Gasteiger partial charge in [-0.1, -0.05) is 23.7 Å². The Kier molecular flexibility index (Phi) is 5.04. The molecule has 0 radical (unpaired) electrons. The van der Waals surface area contributed by atoms with Crippen LogP contribution >= 0.6 is 11.6 Å². The van der Waals surface area contributed by atoms with E-state index < -0.39 is 12.0 Å². The third-order valence-electron chi connectivity index (χ3n) is 3.79. The molecule has 3 rings (SSSR count). The average Bonchev–Trinajstić information content (AvgIpc) is 3.25. The van der Waals surface area contributed by atoms with Crippen LogP contribution in [0.5, 0.6) is 0 Å². The van der Waals surface area contributed by atoms with E-state index in [-0.39, 0.29) is 11.6 Å². The first-order valence-corrected chi connectivity index (χ1v) is 8.16. The minimum absolute atomic E-state index is 0.0499. The molecule has 134 valence electrons. The van der Waals surface area contributed by atoms with E-state index in [1.807, 2.05) is 12.1 Å². The molecule has 1 aromatic carbocycles. The van der Waals surface area contributed by atoms with Crippen molar-refractivity contribution in [3.8, 4) is 0 Å². The normalized spacial score (nSPS) is 11.9. The first-order chi connectivity index (χ1) is 12.4. The van der Waals surface area contributed by atoms with Crippen LogP contribution in [0.1, 0.15) is 29.0 Å². The second-order valence-electron chi connectivity index (χ2n) is 5.68. The van der Waals surface area contributed by atoms with Gasteiger partial charge in [0.2, 0.25) is 5.91 Å². The Balaban J connectivity index is 1.66. The lowest BCUT2D eigenvalue weighted by Crippen LogP contribution is -2.26. The number of rotatable bonds is 6. The minimum Gasteiger partial charge on any atom is -0.477 e. The molecule has 0 spiro atoms. The molecule has 1 amide bonds. The molecule has 9 heteroatoms. The van der Waals surface area contributed by atoms with E-state index in [4.69, 9.17) is 16.7 Å². The van der Waals surface area contributed by atoms with E-state index in [2.05, 4.69) is 15.5 Å². The maximum Gasteiger partial charge on any atom is 0.354 e. The van der Waals surface area contributed by atoms with Crippen molar-refractivity contribution in [2.75, 3.05) is 5.32 Å². The molecule has 26 heavy (non-hydrogen) atoms. The Morgan fingerprint density at radius 2 is 1.96 bits per heavy atom. The zero-order valence-corrected chi connectivity index (χ0v) is 14.6. The van der Waals surface area contributed by atoms with Crippen molar-refractivity contribution in [1.82, 2.24) is 19.6 Å². The largest absolute Gasteiger partial charge is 0.477 e. The summed E-state index contributed by atoms with van der Waals surface area (Å²) in [7, 11) is 0. The van der Waals surface area contributed by atoms with Gasteiger partial charge in [0, 0.05) is 17.4 Å². The van der Waals surface area contributed by atoms with Crippen molar-refractivity contribution in [1.29, 1.82) is 0 Å². The van der Waals surface area contributed by atoms with Crippen LogP contribution < -0.4 is 5.32 Å². The molecular formula is C17H16ClN5O3. The number of carbonyl (C=O) groups excluding carboxylic acids is 1. The van der Waals surface area contributed by atoms with Crippen molar-refractivity contribution in [3.05, 3.63) is 65.2 Å². The Labute approximate surface area is 154 Å². The number of anilines is 1. The highest BCUT2D eigenvalue weighted by atomic mass is 35.5. The van der Waals surface area contributed by atoms with Crippen molar-refractivity contribution in [2.45, 2.75) is 19.5 Å². The van der Waals surface area contributed by atoms with Gasteiger partial charge in [-0.25, -0.2) is 9.48 Å². The van der Waals surface area contributed by atoms with E-state index >= 15 is 0 Å². The summed E-state index contributed by atoms with van der Waals surface area (Å²) >= 11 is 5.86. The van der Waals surface area contributed by atoms with E-state index in [9.17, 15) is 9.59 Å². The lowest BCUT2D eigenvalue weighted by Gasteiger charge is -2.13. The van der Waals surface area contributed by atoms with Crippen LogP contribution in [0.25, 0.3) is 0 Å². The van der Waals surface area contributed by atoms with Crippen LogP contribution in [0.3, 0.4) is 0 Å². The number of nitrogens with one attached hydrogen (secondary N) is 1. The van der Waals surface area contributed by atoms with Gasteiger partial charge >= 0.3 is 5.97 Å². The number of benzene rings is 1. The van der Waals surface area contributed by atoms with E-state index in [1.54, 1.807) is 29.9 Å². The number of hydrogen-bond donors (Lipinski definition) is 2.